The number of rotatable bonds is 2. The fourth-order valence-electron chi connectivity index (χ4n) is 0.737. The summed E-state index contributed by atoms with van der Waals surface area (Å²) in [5.74, 6) is 0. The molecular weight excluding hydrogens is 138 g/mol. The van der Waals surface area contributed by atoms with Gasteiger partial charge in [0.2, 0.25) is 0 Å². The molecule has 0 amide bonds. The predicted octanol–water partition coefficient (Wildman–Crippen LogP) is 1.05. The lowest BCUT2D eigenvalue weighted by Gasteiger charge is -2.08. The molecule has 0 aliphatic carbocycles. The maximum absolute atomic E-state index is 5.75. The lowest BCUT2D eigenvalue weighted by atomic mass is 10.1. The van der Waals surface area contributed by atoms with E-state index in [1.165, 1.54) is 6.33 Å². The van der Waals surface area contributed by atoms with Crippen LogP contribution in [0.2, 0.25) is 0 Å². The fourth-order valence-corrected chi connectivity index (χ4v) is 0.737. The summed E-state index contributed by atoms with van der Waals surface area (Å²) in [6.07, 6.45) is 3.16. The molecule has 1 unspecified atom stereocenters. The molecule has 0 bridgehead atoms. The van der Waals surface area contributed by atoms with Crippen molar-refractivity contribution >= 4 is 0 Å². The van der Waals surface area contributed by atoms with Crippen molar-refractivity contribution in [3.05, 3.63) is 36.4 Å². The summed E-state index contributed by atoms with van der Waals surface area (Å²) in [6, 6.07) is 1.62. The van der Waals surface area contributed by atoms with E-state index in [2.05, 4.69) is 16.5 Å². The van der Waals surface area contributed by atoms with Crippen LogP contribution in [0.3, 0.4) is 0 Å². The van der Waals surface area contributed by atoms with Gasteiger partial charge in [0.05, 0.1) is 11.7 Å². The minimum Gasteiger partial charge on any atom is -0.319 e. The molecule has 58 valence electrons. The Bertz CT molecular complexity index is 243. The molecule has 11 heavy (non-hydrogen) atoms. The smallest absolute Gasteiger partial charge is 0.115 e. The Morgan fingerprint density at radius 3 is 2.91 bits per heavy atom. The molecule has 1 atom stereocenters. The first-order valence-electron chi connectivity index (χ1n) is 3.38. The second-order valence-corrected chi connectivity index (χ2v) is 2.46. The van der Waals surface area contributed by atoms with Crippen molar-refractivity contribution in [1.29, 1.82) is 0 Å². The minimum atomic E-state index is -0.169. The van der Waals surface area contributed by atoms with E-state index in [9.17, 15) is 0 Å². The van der Waals surface area contributed by atoms with Gasteiger partial charge in [-0.2, -0.15) is 0 Å². The van der Waals surface area contributed by atoms with E-state index in [0.717, 1.165) is 11.3 Å². The van der Waals surface area contributed by atoms with Gasteiger partial charge < -0.3 is 5.73 Å². The molecule has 3 nitrogen and oxygen atoms in total. The first-order chi connectivity index (χ1) is 5.22. The highest BCUT2D eigenvalue weighted by atomic mass is 14.8. The van der Waals surface area contributed by atoms with Gasteiger partial charge >= 0.3 is 0 Å². The molecule has 2 N–H and O–H groups in total. The van der Waals surface area contributed by atoms with Gasteiger partial charge in [-0.25, -0.2) is 9.97 Å². The monoisotopic (exact) mass is 149 g/mol. The van der Waals surface area contributed by atoms with E-state index in [1.54, 1.807) is 12.3 Å². The van der Waals surface area contributed by atoms with Crippen LogP contribution in [0.15, 0.2) is 30.7 Å². The summed E-state index contributed by atoms with van der Waals surface area (Å²) in [7, 11) is 0. The van der Waals surface area contributed by atoms with Crippen molar-refractivity contribution in [2.75, 3.05) is 0 Å². The van der Waals surface area contributed by atoms with Gasteiger partial charge in [-0.3, -0.25) is 0 Å². The van der Waals surface area contributed by atoms with Gasteiger partial charge in [0.15, 0.2) is 0 Å². The van der Waals surface area contributed by atoms with Gasteiger partial charge in [-0.1, -0.05) is 12.2 Å². The molecule has 0 aromatic carbocycles. The summed E-state index contributed by atoms with van der Waals surface area (Å²) in [5, 5.41) is 0. The van der Waals surface area contributed by atoms with E-state index in [0.29, 0.717) is 0 Å². The SMILES string of the molecule is C=C(C)C(N)c1ccncn1. The second kappa shape index (κ2) is 3.25. The van der Waals surface area contributed by atoms with Gasteiger partial charge in [-0.15, -0.1) is 0 Å². The van der Waals surface area contributed by atoms with E-state index < -0.39 is 0 Å². The Labute approximate surface area is 66.0 Å². The lowest BCUT2D eigenvalue weighted by Crippen LogP contribution is -2.12. The van der Waals surface area contributed by atoms with Gasteiger partial charge in [-0.05, 0) is 13.0 Å². The lowest BCUT2D eigenvalue weighted by molar-refractivity contribution is 0.803. The average Bonchev–Trinajstić information content (AvgIpc) is 2.05. The quantitative estimate of drug-likeness (QED) is 0.639. The molecule has 0 aliphatic rings. The number of nitrogens with two attached hydrogens (primary N) is 1. The Morgan fingerprint density at radius 2 is 2.45 bits per heavy atom. The molecule has 3 heteroatoms. The van der Waals surface area contributed by atoms with E-state index in [4.69, 9.17) is 5.73 Å². The van der Waals surface area contributed by atoms with Crippen LogP contribution in [-0.4, -0.2) is 9.97 Å². The molecule has 1 aromatic heterocycles. The number of aromatic nitrogens is 2. The summed E-state index contributed by atoms with van der Waals surface area (Å²) in [5.41, 5.74) is 7.47. The van der Waals surface area contributed by atoms with Crippen molar-refractivity contribution < 1.29 is 0 Å². The number of nitrogens with zero attached hydrogens (tertiary/aromatic N) is 2. The molecule has 1 aromatic rings. The van der Waals surface area contributed by atoms with Crippen molar-refractivity contribution in [2.45, 2.75) is 13.0 Å². The number of hydrogen-bond donors (Lipinski definition) is 1. The van der Waals surface area contributed by atoms with Crippen LogP contribution in [0.1, 0.15) is 18.7 Å². The van der Waals surface area contributed by atoms with E-state index in [1.807, 2.05) is 6.92 Å². The van der Waals surface area contributed by atoms with E-state index >= 15 is 0 Å². The topological polar surface area (TPSA) is 51.8 Å². The molecule has 0 aliphatic heterocycles. The number of hydrogen-bond acceptors (Lipinski definition) is 3. The van der Waals surface area contributed by atoms with Gasteiger partial charge in [0, 0.05) is 6.20 Å². The normalized spacial score (nSPS) is 12.5. The second-order valence-electron chi connectivity index (χ2n) is 2.46. The predicted molar refractivity (Wildman–Crippen MR) is 43.8 cm³/mol. The van der Waals surface area contributed by atoms with Gasteiger partial charge in [0.25, 0.3) is 0 Å². The maximum Gasteiger partial charge on any atom is 0.115 e. The van der Waals surface area contributed by atoms with Crippen LogP contribution in [0.5, 0.6) is 0 Å². The zero-order valence-electron chi connectivity index (χ0n) is 6.49. The average molecular weight is 149 g/mol. The molecular formula is C8H11N3. The summed E-state index contributed by atoms with van der Waals surface area (Å²) < 4.78 is 0. The van der Waals surface area contributed by atoms with Crippen molar-refractivity contribution in [2.24, 2.45) is 5.73 Å². The van der Waals surface area contributed by atoms with E-state index in [-0.39, 0.29) is 6.04 Å². The first-order valence-corrected chi connectivity index (χ1v) is 3.38. The minimum absolute atomic E-state index is 0.169. The zero-order valence-corrected chi connectivity index (χ0v) is 6.49. The van der Waals surface area contributed by atoms with Crippen LogP contribution in [0.25, 0.3) is 0 Å². The summed E-state index contributed by atoms with van der Waals surface area (Å²) in [4.78, 5) is 7.79. The highest BCUT2D eigenvalue weighted by molar-refractivity contribution is 5.15. The third-order valence-electron chi connectivity index (χ3n) is 1.45. The molecule has 0 spiro atoms. The Kier molecular flexibility index (Phi) is 2.33. The largest absolute Gasteiger partial charge is 0.319 e. The van der Waals surface area contributed by atoms with Crippen molar-refractivity contribution in [3.8, 4) is 0 Å². The highest BCUT2D eigenvalue weighted by Crippen LogP contribution is 2.12. The van der Waals surface area contributed by atoms with Crippen LogP contribution in [-0.2, 0) is 0 Å². The van der Waals surface area contributed by atoms with Crippen LogP contribution in [0.4, 0.5) is 0 Å². The zero-order chi connectivity index (χ0) is 8.27. The fraction of sp³-hybridized carbons (Fsp3) is 0.250. The third kappa shape index (κ3) is 1.85. The van der Waals surface area contributed by atoms with Gasteiger partial charge in [0.1, 0.15) is 6.33 Å². The van der Waals surface area contributed by atoms with Crippen LogP contribution < -0.4 is 5.73 Å². The maximum atomic E-state index is 5.75. The molecule has 0 fully saturated rings. The third-order valence-corrected chi connectivity index (χ3v) is 1.45. The molecule has 1 rings (SSSR count). The Hall–Kier alpha value is -1.22. The highest BCUT2D eigenvalue weighted by Gasteiger charge is 2.05. The standard InChI is InChI=1S/C8H11N3/c1-6(2)8(9)7-3-4-10-5-11-7/h3-5,8H,1,9H2,2H3. The summed E-state index contributed by atoms with van der Waals surface area (Å²) >= 11 is 0. The Balaban J connectivity index is 2.85. The van der Waals surface area contributed by atoms with Crippen molar-refractivity contribution in [1.82, 2.24) is 9.97 Å². The van der Waals surface area contributed by atoms with Crippen LogP contribution in [0, 0.1) is 0 Å². The van der Waals surface area contributed by atoms with Crippen LogP contribution >= 0.6 is 0 Å². The molecule has 0 saturated heterocycles. The van der Waals surface area contributed by atoms with Crippen molar-refractivity contribution in [3.63, 3.8) is 0 Å². The molecule has 0 saturated carbocycles. The Morgan fingerprint density at radius 1 is 1.73 bits per heavy atom. The molecule has 1 heterocycles. The first kappa shape index (κ1) is 7.88. The summed E-state index contributed by atoms with van der Waals surface area (Å²) in [6.45, 7) is 5.63. The molecule has 0 radical (unpaired) electrons.